The second-order valence-electron chi connectivity index (χ2n) is 10.1. The van der Waals surface area contributed by atoms with Crippen molar-refractivity contribution >= 4 is 10.9 Å². The van der Waals surface area contributed by atoms with Gasteiger partial charge in [0.05, 0.1) is 17.6 Å². The number of nitrogens with one attached hydrogen (secondary N) is 1. The summed E-state index contributed by atoms with van der Waals surface area (Å²) < 4.78 is 2.08. The maximum Gasteiger partial charge on any atom is 0.252 e. The molecule has 0 bridgehead atoms. The van der Waals surface area contributed by atoms with Gasteiger partial charge in [-0.1, -0.05) is 74.7 Å². The minimum Gasteiger partial charge on any atom is -0.321 e. The number of hydrogen-bond acceptors (Lipinski definition) is 5. The summed E-state index contributed by atoms with van der Waals surface area (Å²) in [7, 11) is 0. The first kappa shape index (κ1) is 24.4. The van der Waals surface area contributed by atoms with Crippen molar-refractivity contribution in [1.82, 2.24) is 30.1 Å². The predicted octanol–water partition coefficient (Wildman–Crippen LogP) is 5.52. The molecule has 1 fully saturated rings. The van der Waals surface area contributed by atoms with E-state index >= 15 is 0 Å². The smallest absolute Gasteiger partial charge is 0.252 e. The Balaban J connectivity index is 1.51. The Bertz CT molecular complexity index is 1340. The van der Waals surface area contributed by atoms with E-state index in [-0.39, 0.29) is 11.6 Å². The van der Waals surface area contributed by atoms with Crippen molar-refractivity contribution in [2.45, 2.75) is 77.4 Å². The highest BCUT2D eigenvalue weighted by Crippen LogP contribution is 2.33. The molecule has 0 radical (unpaired) electrons. The predicted molar refractivity (Wildman–Crippen MR) is 143 cm³/mol. The van der Waals surface area contributed by atoms with Crippen molar-refractivity contribution < 1.29 is 0 Å². The third-order valence-electron chi connectivity index (χ3n) is 7.56. The number of benzene rings is 2. The van der Waals surface area contributed by atoms with Gasteiger partial charge in [-0.25, -0.2) is 4.68 Å². The van der Waals surface area contributed by atoms with E-state index < -0.39 is 0 Å². The van der Waals surface area contributed by atoms with Crippen molar-refractivity contribution in [1.29, 1.82) is 0 Å². The van der Waals surface area contributed by atoms with Crippen molar-refractivity contribution in [2.24, 2.45) is 0 Å². The molecule has 2 heterocycles. The van der Waals surface area contributed by atoms with E-state index in [2.05, 4.69) is 73.4 Å². The van der Waals surface area contributed by atoms with Gasteiger partial charge in [0.1, 0.15) is 0 Å². The first-order valence-corrected chi connectivity index (χ1v) is 13.3. The lowest BCUT2D eigenvalue weighted by molar-refractivity contribution is 0.163. The number of aromatic nitrogens is 5. The van der Waals surface area contributed by atoms with Crippen molar-refractivity contribution in [3.05, 3.63) is 87.5 Å². The van der Waals surface area contributed by atoms with Gasteiger partial charge in [0.25, 0.3) is 5.56 Å². The number of tetrazole rings is 1. The molecule has 1 N–H and O–H groups in total. The second-order valence-corrected chi connectivity index (χ2v) is 10.1. The summed E-state index contributed by atoms with van der Waals surface area (Å²) in [5, 5.41) is 14.2. The van der Waals surface area contributed by atoms with E-state index in [1.807, 2.05) is 25.1 Å². The summed E-state index contributed by atoms with van der Waals surface area (Å²) in [4.78, 5) is 18.8. The maximum atomic E-state index is 13.2. The summed E-state index contributed by atoms with van der Waals surface area (Å²) >= 11 is 0. The SMILES string of the molecule is CCC[C@H](c1nnnn1C1CCCC1)N(CCc1ccccc1)Cc1cc2cccc(C)c2[nH]c1=O. The topological polar surface area (TPSA) is 79.7 Å². The summed E-state index contributed by atoms with van der Waals surface area (Å²) in [6, 6.07) is 19.2. The molecule has 2 aromatic heterocycles. The van der Waals surface area contributed by atoms with Gasteiger partial charge in [0.2, 0.25) is 0 Å². The molecule has 0 amide bonds. The van der Waals surface area contributed by atoms with Gasteiger partial charge in [-0.15, -0.1) is 5.10 Å². The molecule has 4 aromatic rings. The fourth-order valence-electron chi connectivity index (χ4n) is 5.60. The van der Waals surface area contributed by atoms with Crippen LogP contribution in [0.5, 0.6) is 0 Å². The first-order chi connectivity index (χ1) is 17.6. The lowest BCUT2D eigenvalue weighted by Crippen LogP contribution is -2.35. The number of H-pyrrole nitrogens is 1. The largest absolute Gasteiger partial charge is 0.321 e. The molecule has 1 aliphatic carbocycles. The number of rotatable bonds is 10. The van der Waals surface area contributed by atoms with Crippen molar-refractivity contribution in [2.75, 3.05) is 6.54 Å². The molecule has 36 heavy (non-hydrogen) atoms. The Kier molecular flexibility index (Phi) is 7.56. The molecule has 188 valence electrons. The normalized spacial score (nSPS) is 15.2. The fourth-order valence-corrected chi connectivity index (χ4v) is 5.60. The summed E-state index contributed by atoms with van der Waals surface area (Å²) in [5.74, 6) is 0.935. The highest BCUT2D eigenvalue weighted by molar-refractivity contribution is 5.81. The molecule has 0 spiro atoms. The second kappa shape index (κ2) is 11.2. The zero-order chi connectivity index (χ0) is 24.9. The summed E-state index contributed by atoms with van der Waals surface area (Å²) in [6.07, 6.45) is 7.56. The minimum absolute atomic E-state index is 0.0212. The standard InChI is InChI=1S/C29H36N6O/c1-3-10-26(28-31-32-33-35(28)25-15-7-8-16-25)34(18-17-22-12-5-4-6-13-22)20-24-19-23-14-9-11-21(2)27(23)30-29(24)36/h4-6,9,11-14,19,25-26H,3,7-8,10,15-18,20H2,1-2H3,(H,30,36)/t26-/m1/s1. The molecule has 1 saturated carbocycles. The fraction of sp³-hybridized carbons (Fsp3) is 0.448. The van der Waals surface area contributed by atoms with Crippen LogP contribution in [0.4, 0.5) is 0 Å². The molecule has 0 saturated heterocycles. The van der Waals surface area contributed by atoms with Crippen LogP contribution in [-0.4, -0.2) is 36.6 Å². The van der Waals surface area contributed by atoms with Crippen LogP contribution in [0, 0.1) is 6.92 Å². The highest BCUT2D eigenvalue weighted by atomic mass is 16.1. The van der Waals surface area contributed by atoms with Crippen LogP contribution in [0.2, 0.25) is 0 Å². The van der Waals surface area contributed by atoms with Crippen LogP contribution in [-0.2, 0) is 13.0 Å². The third kappa shape index (κ3) is 5.26. The maximum absolute atomic E-state index is 13.2. The third-order valence-corrected chi connectivity index (χ3v) is 7.56. The Morgan fingerprint density at radius 2 is 1.92 bits per heavy atom. The summed E-state index contributed by atoms with van der Waals surface area (Å²) in [6.45, 7) is 5.60. The van der Waals surface area contributed by atoms with Crippen LogP contribution in [0.15, 0.2) is 59.4 Å². The molecule has 0 aliphatic heterocycles. The van der Waals surface area contributed by atoms with Gasteiger partial charge >= 0.3 is 0 Å². The lowest BCUT2D eigenvalue weighted by Gasteiger charge is -2.31. The van der Waals surface area contributed by atoms with Gasteiger partial charge in [-0.3, -0.25) is 9.69 Å². The molecule has 0 unspecified atom stereocenters. The van der Waals surface area contributed by atoms with Gasteiger partial charge in [-0.2, -0.15) is 0 Å². The number of fused-ring (bicyclic) bond motifs is 1. The van der Waals surface area contributed by atoms with Crippen LogP contribution in [0.25, 0.3) is 10.9 Å². The highest BCUT2D eigenvalue weighted by Gasteiger charge is 2.30. The molecule has 7 heteroatoms. The van der Waals surface area contributed by atoms with Crippen molar-refractivity contribution in [3.8, 4) is 0 Å². The Morgan fingerprint density at radius 3 is 2.69 bits per heavy atom. The van der Waals surface area contributed by atoms with E-state index in [0.29, 0.717) is 12.6 Å². The van der Waals surface area contributed by atoms with Crippen LogP contribution < -0.4 is 5.56 Å². The zero-order valence-corrected chi connectivity index (χ0v) is 21.4. The van der Waals surface area contributed by atoms with E-state index in [9.17, 15) is 4.79 Å². The van der Waals surface area contributed by atoms with Gasteiger partial charge in [0.15, 0.2) is 5.82 Å². The van der Waals surface area contributed by atoms with E-state index in [1.54, 1.807) is 0 Å². The van der Waals surface area contributed by atoms with Gasteiger partial charge in [-0.05, 0) is 65.6 Å². The van der Waals surface area contributed by atoms with Crippen LogP contribution >= 0.6 is 0 Å². The lowest BCUT2D eigenvalue weighted by atomic mass is 10.0. The van der Waals surface area contributed by atoms with Gasteiger partial charge < -0.3 is 4.98 Å². The molecule has 7 nitrogen and oxygen atoms in total. The number of aryl methyl sites for hydroxylation is 1. The van der Waals surface area contributed by atoms with E-state index in [1.165, 1.54) is 18.4 Å². The Morgan fingerprint density at radius 1 is 1.11 bits per heavy atom. The number of pyridine rings is 1. The first-order valence-electron chi connectivity index (χ1n) is 13.3. The van der Waals surface area contributed by atoms with Gasteiger partial charge in [0, 0.05) is 18.7 Å². The van der Waals surface area contributed by atoms with E-state index in [0.717, 1.165) is 66.5 Å². The Labute approximate surface area is 212 Å². The molecule has 1 aliphatic rings. The molecular formula is C29H36N6O. The molecule has 2 aromatic carbocycles. The number of para-hydroxylation sites is 1. The van der Waals surface area contributed by atoms with E-state index in [4.69, 9.17) is 0 Å². The van der Waals surface area contributed by atoms with Crippen LogP contribution in [0.3, 0.4) is 0 Å². The van der Waals surface area contributed by atoms with Crippen LogP contribution in [0.1, 0.15) is 80.0 Å². The molecular weight excluding hydrogens is 448 g/mol. The minimum atomic E-state index is -0.0212. The molecule has 5 rings (SSSR count). The van der Waals surface area contributed by atoms with Crippen molar-refractivity contribution in [3.63, 3.8) is 0 Å². The number of hydrogen-bond donors (Lipinski definition) is 1. The Hall–Kier alpha value is -3.32. The number of aromatic amines is 1. The quantitative estimate of drug-likeness (QED) is 0.320. The monoisotopic (exact) mass is 484 g/mol. The zero-order valence-electron chi connectivity index (χ0n) is 21.4. The summed E-state index contributed by atoms with van der Waals surface area (Å²) in [5.41, 5.74) is 4.04. The average molecular weight is 485 g/mol. The average Bonchev–Trinajstić information content (AvgIpc) is 3.59. The molecule has 1 atom stereocenters. The number of nitrogens with zero attached hydrogens (tertiary/aromatic N) is 5.